The van der Waals surface area contributed by atoms with Crippen molar-refractivity contribution in [3.05, 3.63) is 47.6 Å². The number of hydrogen-bond acceptors (Lipinski definition) is 20. The number of alkyl carbamates (subject to hydrolysis) is 1. The summed E-state index contributed by atoms with van der Waals surface area (Å²) in [5, 5.41) is 38.3. The number of ether oxygens (including phenoxy) is 10. The van der Waals surface area contributed by atoms with Crippen LogP contribution in [0.4, 0.5) is 4.79 Å². The van der Waals surface area contributed by atoms with E-state index in [2.05, 4.69) is 5.32 Å². The van der Waals surface area contributed by atoms with Crippen LogP contribution in [0.1, 0.15) is 119 Å². The molecule has 2 saturated heterocycles. The van der Waals surface area contributed by atoms with E-state index in [0.29, 0.717) is 103 Å². The van der Waals surface area contributed by atoms with Gasteiger partial charge < -0.3 is 73.7 Å². The van der Waals surface area contributed by atoms with Gasteiger partial charge in [0.2, 0.25) is 11.6 Å². The lowest BCUT2D eigenvalue weighted by Crippen LogP contribution is -2.62. The number of methoxy groups -OCH3 is 4. The molecule has 21 heteroatoms. The molecule has 3 fully saturated rings. The zero-order valence-electron chi connectivity index (χ0n) is 50.0. The average molecular weight is 1150 g/mol. The van der Waals surface area contributed by atoms with E-state index < -0.39 is 102 Å². The standard InChI is InChI=1S/C60H99N3O18/c1-38-16-12-11-13-17-39(2)50(73-8)36-45-21-19-43(6)60(71,81-45)56(67)57(68)63-24-15-14-18-47(63)58(69)79-51(37-48(64)40(3)33-42(5)54(66)55(75-10)53(65)41(4)32-38)46(61)34-44-20-22-49(52(35-44)74-9)80-59(70)62-23-25-76-28-29-78-31-30-77-27-26-72-7/h11-13,16-17,33,38,40-41,43-47,49-52,54-55,57,66,68,71H,14-15,18-32,34-37,61H2,1-10H3,(H,62,70)/b13-11+,16-12+,39-17+,42-33+/t38-,40-,41-,43-,44+,45+,46-,47+,49-,50+,51+,52-,54-,55+,57?,60-/m1/s1. The molecule has 0 spiro atoms. The van der Waals surface area contributed by atoms with Crippen LogP contribution < -0.4 is 11.1 Å². The number of ketones is 3. The van der Waals surface area contributed by atoms with Crippen molar-refractivity contribution in [2.75, 3.05) is 87.8 Å². The number of nitrogens with two attached hydrogens (primary N) is 1. The minimum atomic E-state index is -2.38. The van der Waals surface area contributed by atoms with Crippen LogP contribution in [0.3, 0.4) is 0 Å². The van der Waals surface area contributed by atoms with Gasteiger partial charge >= 0.3 is 12.1 Å². The zero-order valence-corrected chi connectivity index (χ0v) is 50.0. The van der Waals surface area contributed by atoms with Crippen LogP contribution in [0.5, 0.6) is 0 Å². The van der Waals surface area contributed by atoms with E-state index in [4.69, 9.17) is 53.1 Å². The maximum absolute atomic E-state index is 14.6. The number of allylic oxidation sites excluding steroid dienone is 6. The SMILES string of the molecule is COCCOCCOCCOCCNC(=O)O[C@@H]1CC[C@@H](C[C@@H](N)[C@@H]2CC(=O)[C@H](C)/C=C(\C)[C@@H](O)[C@@H](OC)C(=O)[C@H](C)C[C@H](C)/C=C/C=C/C=C(\C)[C@@H](OC)C[C@@H]3CC[C@@H](C)[C@@](O)(O3)C(=O)C(O)N3CCCC[C@H]3C(=O)O2)C[C@H]1OC. The third kappa shape index (κ3) is 22.0. The molecule has 1 saturated carbocycles. The Bertz CT molecular complexity index is 2070. The number of nitrogens with zero attached hydrogens (tertiary/aromatic N) is 1. The van der Waals surface area contributed by atoms with Gasteiger partial charge in [0.1, 0.15) is 36.2 Å². The summed E-state index contributed by atoms with van der Waals surface area (Å²) in [6.45, 7) is 13.9. The van der Waals surface area contributed by atoms with E-state index in [1.807, 2.05) is 44.2 Å². The van der Waals surface area contributed by atoms with Gasteiger partial charge in [-0.2, -0.15) is 0 Å². The summed E-state index contributed by atoms with van der Waals surface area (Å²) >= 11 is 0. The van der Waals surface area contributed by atoms with Crippen molar-refractivity contribution < 1.29 is 86.7 Å². The second-order valence-corrected chi connectivity index (χ2v) is 22.6. The van der Waals surface area contributed by atoms with E-state index in [-0.39, 0.29) is 62.4 Å². The molecular formula is C60H99N3O18. The number of fused-ring (bicyclic) bond motifs is 3. The predicted molar refractivity (Wildman–Crippen MR) is 302 cm³/mol. The van der Waals surface area contributed by atoms with Crippen molar-refractivity contribution in [1.82, 2.24) is 10.2 Å². The highest BCUT2D eigenvalue weighted by Gasteiger charge is 2.53. The summed E-state index contributed by atoms with van der Waals surface area (Å²) < 4.78 is 56.9. The second-order valence-electron chi connectivity index (χ2n) is 22.6. The quantitative estimate of drug-likeness (QED) is 0.0639. The fourth-order valence-corrected chi connectivity index (χ4v) is 11.3. The minimum Gasteiger partial charge on any atom is -0.459 e. The van der Waals surface area contributed by atoms with Gasteiger partial charge in [0.15, 0.2) is 12.0 Å². The van der Waals surface area contributed by atoms with Crippen molar-refractivity contribution in [1.29, 1.82) is 0 Å². The molecular weight excluding hydrogens is 1050 g/mol. The van der Waals surface area contributed by atoms with Crippen molar-refractivity contribution in [3.63, 3.8) is 0 Å². The molecule has 0 aromatic carbocycles. The molecule has 4 rings (SSSR count). The fourth-order valence-electron chi connectivity index (χ4n) is 11.3. The Morgan fingerprint density at radius 1 is 0.802 bits per heavy atom. The summed E-state index contributed by atoms with van der Waals surface area (Å²) in [6, 6.07) is -2.04. The van der Waals surface area contributed by atoms with Gasteiger partial charge in [0, 0.05) is 78.2 Å². The first-order chi connectivity index (χ1) is 38.7. The Kier molecular flexibility index (Phi) is 31.1. The maximum atomic E-state index is 14.6. The molecule has 3 aliphatic heterocycles. The van der Waals surface area contributed by atoms with Crippen LogP contribution >= 0.6 is 0 Å². The number of amides is 1. The third-order valence-corrected chi connectivity index (χ3v) is 16.3. The van der Waals surface area contributed by atoms with Crippen molar-refractivity contribution in [2.24, 2.45) is 35.3 Å². The molecule has 0 aromatic rings. The summed E-state index contributed by atoms with van der Waals surface area (Å²) in [7, 11) is 6.08. The number of aliphatic hydroxyl groups excluding tert-OH is 2. The Balaban J connectivity index is 1.55. The second kappa shape index (κ2) is 36.1. The molecule has 4 aliphatic rings. The fraction of sp³-hybridized carbons (Fsp3) is 0.783. The Morgan fingerprint density at radius 2 is 1.49 bits per heavy atom. The van der Waals surface area contributed by atoms with Gasteiger partial charge in [0.05, 0.1) is 64.6 Å². The van der Waals surface area contributed by atoms with Gasteiger partial charge in [-0.25, -0.2) is 4.79 Å². The molecule has 16 atom stereocenters. The first-order valence-corrected chi connectivity index (χ1v) is 29.2. The van der Waals surface area contributed by atoms with Gasteiger partial charge in [-0.15, -0.1) is 0 Å². The number of nitrogens with one attached hydrogen (secondary N) is 1. The highest BCUT2D eigenvalue weighted by atomic mass is 16.6. The Morgan fingerprint density at radius 3 is 2.16 bits per heavy atom. The number of carbonyl (C=O) groups excluding carboxylic acids is 5. The molecule has 6 N–H and O–H groups in total. The first kappa shape index (κ1) is 69.7. The summed E-state index contributed by atoms with van der Waals surface area (Å²) in [4.78, 5) is 71.4. The van der Waals surface area contributed by atoms with Crippen LogP contribution in [0.25, 0.3) is 0 Å². The van der Waals surface area contributed by atoms with Crippen molar-refractivity contribution in [3.8, 4) is 0 Å². The van der Waals surface area contributed by atoms with E-state index in [0.717, 1.165) is 5.57 Å². The van der Waals surface area contributed by atoms with Gasteiger partial charge in [-0.05, 0) is 94.6 Å². The number of carbonyl (C=O) groups is 5. The van der Waals surface area contributed by atoms with Crippen LogP contribution in [-0.2, 0) is 66.5 Å². The molecule has 81 heavy (non-hydrogen) atoms. The summed E-state index contributed by atoms with van der Waals surface area (Å²) in [5.41, 5.74) is 8.22. The van der Waals surface area contributed by atoms with Crippen LogP contribution in [-0.4, -0.2) is 204 Å². The highest BCUT2D eigenvalue weighted by molar-refractivity contribution is 5.90. The lowest BCUT2D eigenvalue weighted by Gasteiger charge is -2.45. The number of esters is 1. The molecule has 0 radical (unpaired) electrons. The largest absolute Gasteiger partial charge is 0.459 e. The van der Waals surface area contributed by atoms with Crippen molar-refractivity contribution >= 4 is 29.4 Å². The normalized spacial score (nSPS) is 35.8. The van der Waals surface area contributed by atoms with Crippen LogP contribution in [0, 0.1) is 29.6 Å². The number of Topliss-reactive ketones (excluding diaryl/α,β-unsaturated/α-hetero) is 3. The Labute approximate surface area is 480 Å². The maximum Gasteiger partial charge on any atom is 0.407 e. The molecule has 3 heterocycles. The summed E-state index contributed by atoms with van der Waals surface area (Å²) in [5.74, 6) is -6.94. The molecule has 2 bridgehead atoms. The topological polar surface area (TPSA) is 280 Å². The number of hydrogen-bond donors (Lipinski definition) is 5. The zero-order chi connectivity index (χ0) is 59.6. The van der Waals surface area contributed by atoms with E-state index in [9.17, 15) is 39.3 Å². The van der Waals surface area contributed by atoms with Gasteiger partial charge in [-0.1, -0.05) is 70.6 Å². The summed E-state index contributed by atoms with van der Waals surface area (Å²) in [6.07, 6.45) is 7.15. The number of piperidine rings is 1. The number of cyclic esters (lactones) is 1. The third-order valence-electron chi connectivity index (χ3n) is 16.3. The molecule has 462 valence electrons. The number of aliphatic hydroxyl groups is 3. The van der Waals surface area contributed by atoms with E-state index in [1.54, 1.807) is 48.0 Å². The molecule has 0 aromatic heterocycles. The minimum absolute atomic E-state index is 0.00778. The number of rotatable bonds is 19. The van der Waals surface area contributed by atoms with Gasteiger partial charge in [0.25, 0.3) is 0 Å². The predicted octanol–water partition coefficient (Wildman–Crippen LogP) is 5.09. The highest BCUT2D eigenvalue weighted by Crippen LogP contribution is 2.38. The molecule has 1 unspecified atom stereocenters. The van der Waals surface area contributed by atoms with E-state index in [1.165, 1.54) is 19.1 Å². The molecule has 1 aliphatic carbocycles. The van der Waals surface area contributed by atoms with Crippen LogP contribution in [0.15, 0.2) is 47.6 Å². The lowest BCUT2D eigenvalue weighted by molar-refractivity contribution is -0.275. The smallest absolute Gasteiger partial charge is 0.407 e. The van der Waals surface area contributed by atoms with Gasteiger partial charge in [-0.3, -0.25) is 24.1 Å². The average Bonchev–Trinajstić information content (AvgIpc) is 3.56. The van der Waals surface area contributed by atoms with E-state index >= 15 is 0 Å². The molecule has 1 amide bonds. The first-order valence-electron chi connectivity index (χ1n) is 29.2. The Hall–Kier alpha value is -3.81. The molecule has 21 nitrogen and oxygen atoms in total. The van der Waals surface area contributed by atoms with Crippen LogP contribution in [0.2, 0.25) is 0 Å². The monoisotopic (exact) mass is 1150 g/mol. The van der Waals surface area contributed by atoms with Crippen molar-refractivity contribution in [2.45, 2.75) is 185 Å². The lowest BCUT2D eigenvalue weighted by atomic mass is 9.80.